The van der Waals surface area contributed by atoms with E-state index in [1.54, 1.807) is 24.3 Å². The number of hydrogen-bond donors (Lipinski definition) is 1. The van der Waals surface area contributed by atoms with Crippen molar-refractivity contribution in [2.75, 3.05) is 5.73 Å². The maximum atomic E-state index is 13.9. The average molecular weight is 309 g/mol. The van der Waals surface area contributed by atoms with Crippen molar-refractivity contribution in [2.45, 2.75) is 10.6 Å². The molecule has 0 aliphatic rings. The Hall–Kier alpha value is -1.90. The van der Waals surface area contributed by atoms with Gasteiger partial charge in [0.25, 0.3) is 0 Å². The predicted molar refractivity (Wildman–Crippen MR) is 77.1 cm³/mol. The van der Waals surface area contributed by atoms with Crippen LogP contribution in [0.5, 0.6) is 0 Å². The molecule has 0 aliphatic heterocycles. The van der Waals surface area contributed by atoms with Crippen LogP contribution >= 0.6 is 11.6 Å². The van der Waals surface area contributed by atoms with E-state index >= 15 is 0 Å². The molecule has 0 aromatic heterocycles. The molecule has 0 saturated heterocycles. The molecule has 2 rings (SSSR count). The molecule has 0 radical (unpaired) electrons. The molecule has 2 N–H and O–H groups in total. The standard InChI is InChI=1S/C14H10ClFN2OS/c15-12-6-11(4-5-13(12)18)20(19)8-10-3-1-2-9(7-17)14(10)16/h1-6H,8,18H2. The quantitative estimate of drug-likeness (QED) is 0.885. The number of rotatable bonds is 3. The molecule has 20 heavy (non-hydrogen) atoms. The van der Waals surface area contributed by atoms with Crippen molar-refractivity contribution >= 4 is 28.1 Å². The highest BCUT2D eigenvalue weighted by Crippen LogP contribution is 2.23. The number of nitrogens with zero attached hydrogens (tertiary/aromatic N) is 1. The van der Waals surface area contributed by atoms with Gasteiger partial charge in [-0.1, -0.05) is 23.7 Å². The fourth-order valence-corrected chi connectivity index (χ4v) is 3.04. The first-order valence-electron chi connectivity index (χ1n) is 5.64. The summed E-state index contributed by atoms with van der Waals surface area (Å²) in [5.41, 5.74) is 6.14. The SMILES string of the molecule is N#Cc1cccc(CS(=O)c2ccc(N)c(Cl)c2)c1F. The number of anilines is 1. The number of benzene rings is 2. The van der Waals surface area contributed by atoms with Crippen molar-refractivity contribution in [3.05, 3.63) is 58.4 Å². The molecule has 3 nitrogen and oxygen atoms in total. The summed E-state index contributed by atoms with van der Waals surface area (Å²) in [6.07, 6.45) is 0. The normalized spacial score (nSPS) is 11.8. The summed E-state index contributed by atoms with van der Waals surface area (Å²) >= 11 is 5.86. The molecule has 0 amide bonds. The minimum atomic E-state index is -1.46. The topological polar surface area (TPSA) is 66.9 Å². The second kappa shape index (κ2) is 6.04. The van der Waals surface area contributed by atoms with E-state index in [0.717, 1.165) is 0 Å². The summed E-state index contributed by atoms with van der Waals surface area (Å²) in [5, 5.41) is 9.07. The van der Waals surface area contributed by atoms with Crippen molar-refractivity contribution in [3.63, 3.8) is 0 Å². The summed E-state index contributed by atoms with van der Waals surface area (Å²) in [6.45, 7) is 0. The van der Waals surface area contributed by atoms with E-state index in [4.69, 9.17) is 22.6 Å². The molecular weight excluding hydrogens is 299 g/mol. The average Bonchev–Trinajstić information content (AvgIpc) is 2.44. The lowest BCUT2D eigenvalue weighted by molar-refractivity contribution is 0.611. The van der Waals surface area contributed by atoms with Crippen LogP contribution in [0.4, 0.5) is 10.1 Å². The number of hydrogen-bond acceptors (Lipinski definition) is 3. The van der Waals surface area contributed by atoms with Crippen molar-refractivity contribution in [1.29, 1.82) is 5.26 Å². The molecule has 2 aromatic carbocycles. The van der Waals surface area contributed by atoms with Crippen molar-refractivity contribution < 1.29 is 8.60 Å². The first-order valence-corrected chi connectivity index (χ1v) is 7.33. The van der Waals surface area contributed by atoms with Gasteiger partial charge in [-0.15, -0.1) is 0 Å². The van der Waals surface area contributed by atoms with Crippen molar-refractivity contribution in [3.8, 4) is 6.07 Å². The highest BCUT2D eigenvalue weighted by molar-refractivity contribution is 7.84. The van der Waals surface area contributed by atoms with Gasteiger partial charge in [0.1, 0.15) is 11.9 Å². The van der Waals surface area contributed by atoms with Crippen molar-refractivity contribution in [2.24, 2.45) is 0 Å². The Balaban J connectivity index is 2.28. The molecule has 0 aliphatic carbocycles. The third-order valence-electron chi connectivity index (χ3n) is 2.72. The van der Waals surface area contributed by atoms with E-state index < -0.39 is 16.6 Å². The number of nitriles is 1. The largest absolute Gasteiger partial charge is 0.398 e. The van der Waals surface area contributed by atoms with E-state index in [-0.39, 0.29) is 16.9 Å². The molecule has 0 bridgehead atoms. The zero-order valence-electron chi connectivity index (χ0n) is 10.3. The molecule has 1 atom stereocenters. The van der Waals surface area contributed by atoms with Gasteiger partial charge in [0.15, 0.2) is 0 Å². The summed E-state index contributed by atoms with van der Waals surface area (Å²) in [5.74, 6) is -0.661. The van der Waals surface area contributed by atoms with E-state index in [0.29, 0.717) is 15.6 Å². The zero-order chi connectivity index (χ0) is 14.7. The second-order valence-electron chi connectivity index (χ2n) is 4.06. The number of halogens is 2. The minimum Gasteiger partial charge on any atom is -0.398 e. The molecule has 6 heteroatoms. The summed E-state index contributed by atoms with van der Waals surface area (Å²) in [7, 11) is -1.46. The first-order chi connectivity index (χ1) is 9.52. The predicted octanol–water partition coefficient (Wildman–Crippen LogP) is 3.24. The molecule has 1 unspecified atom stereocenters. The molecule has 0 fully saturated rings. The summed E-state index contributed by atoms with van der Waals surface area (Å²) < 4.78 is 26.1. The van der Waals surface area contributed by atoms with E-state index in [2.05, 4.69) is 0 Å². The van der Waals surface area contributed by atoms with Gasteiger partial charge in [-0.05, 0) is 24.3 Å². The number of nitrogen functional groups attached to an aromatic ring is 1. The molecule has 102 valence electrons. The first kappa shape index (κ1) is 14.5. The second-order valence-corrected chi connectivity index (χ2v) is 5.92. The van der Waals surface area contributed by atoms with Gasteiger partial charge < -0.3 is 5.73 Å². The Morgan fingerprint density at radius 1 is 1.35 bits per heavy atom. The summed E-state index contributed by atoms with van der Waals surface area (Å²) in [6, 6.07) is 10.8. The number of nitrogens with two attached hydrogens (primary N) is 1. The Morgan fingerprint density at radius 2 is 2.10 bits per heavy atom. The van der Waals surface area contributed by atoms with Gasteiger partial charge in [-0.25, -0.2) is 4.39 Å². The maximum Gasteiger partial charge on any atom is 0.145 e. The van der Waals surface area contributed by atoms with Crippen LogP contribution < -0.4 is 5.73 Å². The fourth-order valence-electron chi connectivity index (χ4n) is 1.65. The Labute approximate surface area is 123 Å². The van der Waals surface area contributed by atoms with Crippen LogP contribution in [0.2, 0.25) is 5.02 Å². The van der Waals surface area contributed by atoms with Crippen LogP contribution in [0.25, 0.3) is 0 Å². The maximum absolute atomic E-state index is 13.9. The third kappa shape index (κ3) is 2.98. The smallest absolute Gasteiger partial charge is 0.145 e. The summed E-state index contributed by atoms with van der Waals surface area (Å²) in [4.78, 5) is 0.464. The lowest BCUT2D eigenvalue weighted by atomic mass is 10.1. The van der Waals surface area contributed by atoms with Crippen LogP contribution in [0.15, 0.2) is 41.3 Å². The lowest BCUT2D eigenvalue weighted by Crippen LogP contribution is -2.01. The Kier molecular flexibility index (Phi) is 4.38. The van der Waals surface area contributed by atoms with Gasteiger partial charge in [0.05, 0.1) is 32.8 Å². The highest BCUT2D eigenvalue weighted by atomic mass is 35.5. The lowest BCUT2D eigenvalue weighted by Gasteiger charge is -2.06. The Bertz CT molecular complexity index is 728. The van der Waals surface area contributed by atoms with Gasteiger partial charge >= 0.3 is 0 Å². The van der Waals surface area contributed by atoms with Crippen LogP contribution in [-0.2, 0) is 16.6 Å². The van der Waals surface area contributed by atoms with E-state index in [1.165, 1.54) is 18.2 Å². The van der Waals surface area contributed by atoms with Crippen LogP contribution in [0, 0.1) is 17.1 Å². The molecule has 0 spiro atoms. The molecule has 0 heterocycles. The highest BCUT2D eigenvalue weighted by Gasteiger charge is 2.12. The molecule has 2 aromatic rings. The van der Waals surface area contributed by atoms with E-state index in [1.807, 2.05) is 0 Å². The van der Waals surface area contributed by atoms with Crippen LogP contribution in [-0.4, -0.2) is 4.21 Å². The van der Waals surface area contributed by atoms with Crippen LogP contribution in [0.3, 0.4) is 0 Å². The third-order valence-corrected chi connectivity index (χ3v) is 4.40. The zero-order valence-corrected chi connectivity index (χ0v) is 11.8. The van der Waals surface area contributed by atoms with Gasteiger partial charge in [-0.3, -0.25) is 4.21 Å². The Morgan fingerprint density at radius 3 is 2.75 bits per heavy atom. The van der Waals surface area contributed by atoms with Crippen LogP contribution in [0.1, 0.15) is 11.1 Å². The minimum absolute atomic E-state index is 0.0262. The fraction of sp³-hybridized carbons (Fsp3) is 0.0714. The van der Waals surface area contributed by atoms with Gasteiger partial charge in [-0.2, -0.15) is 5.26 Å². The van der Waals surface area contributed by atoms with Crippen molar-refractivity contribution in [1.82, 2.24) is 0 Å². The molecular formula is C14H10ClFN2OS. The van der Waals surface area contributed by atoms with Gasteiger partial charge in [0.2, 0.25) is 0 Å². The molecule has 0 saturated carbocycles. The monoisotopic (exact) mass is 308 g/mol. The van der Waals surface area contributed by atoms with Gasteiger partial charge in [0, 0.05) is 10.5 Å². The van der Waals surface area contributed by atoms with E-state index in [9.17, 15) is 8.60 Å².